The quantitative estimate of drug-likeness (QED) is 0.465. The molecule has 2 aliphatic carbocycles. The lowest BCUT2D eigenvalue weighted by atomic mass is 9.68. The minimum atomic E-state index is -0.550. The third kappa shape index (κ3) is 3.13. The number of carbonyl (C=O) groups is 3. The van der Waals surface area contributed by atoms with Gasteiger partial charge >= 0.3 is 10.8 Å². The van der Waals surface area contributed by atoms with Crippen LogP contribution in [0.15, 0.2) is 38.6 Å². The molecule has 3 heterocycles. The summed E-state index contributed by atoms with van der Waals surface area (Å²) in [6.45, 7) is 1.61. The number of halogens is 1. The molecule has 0 radical (unpaired) electrons. The second-order valence-electron chi connectivity index (χ2n) is 9.08. The van der Waals surface area contributed by atoms with Gasteiger partial charge in [-0.3, -0.25) is 24.1 Å². The first-order valence-corrected chi connectivity index (χ1v) is 13.5. The second kappa shape index (κ2) is 7.81. The van der Waals surface area contributed by atoms with Gasteiger partial charge in [0, 0.05) is 20.5 Å². The second-order valence-corrected chi connectivity index (χ2v) is 12.2. The van der Waals surface area contributed by atoms with Crippen LogP contribution in [0.4, 0.5) is 0 Å². The molecule has 2 aromatic rings. The first-order valence-electron chi connectivity index (χ1n) is 11.0. The third-order valence-corrected chi connectivity index (χ3v) is 10.8. The molecule has 7 nitrogen and oxygen atoms in total. The summed E-state index contributed by atoms with van der Waals surface area (Å²) in [7, 11) is 0. The van der Waals surface area contributed by atoms with Crippen molar-refractivity contribution in [3.8, 4) is 0 Å². The number of likely N-dealkylation sites (tertiary alicyclic amines) is 1. The number of aromatic nitrogens is 1. The number of nitrogens with zero attached hydrogens (tertiary/aromatic N) is 1. The van der Waals surface area contributed by atoms with Crippen molar-refractivity contribution in [1.82, 2.24) is 9.88 Å². The van der Waals surface area contributed by atoms with Crippen molar-refractivity contribution in [3.63, 3.8) is 0 Å². The summed E-state index contributed by atoms with van der Waals surface area (Å²) in [6.07, 6.45) is 0.828. The fraction of sp³-hybridized carbons (Fsp3) is 0.478. The van der Waals surface area contributed by atoms with E-state index in [0.717, 1.165) is 31.3 Å². The average molecular weight is 549 g/mol. The number of fused-ring (bicyclic) bond motifs is 9. The van der Waals surface area contributed by atoms with E-state index in [0.29, 0.717) is 0 Å². The largest absolute Gasteiger partial charge is 0.465 e. The lowest BCUT2D eigenvalue weighted by Gasteiger charge is -2.43. The minimum Gasteiger partial charge on any atom is -0.465 e. The maximum Gasteiger partial charge on any atom is 0.326 e. The van der Waals surface area contributed by atoms with Crippen molar-refractivity contribution in [2.45, 2.75) is 29.5 Å². The summed E-state index contributed by atoms with van der Waals surface area (Å²) in [5.41, 5.74) is 1.12. The van der Waals surface area contributed by atoms with Gasteiger partial charge < -0.3 is 9.72 Å². The topological polar surface area (TPSA) is 96.5 Å². The molecular weight excluding hydrogens is 528 g/mol. The molecule has 2 saturated carbocycles. The lowest BCUT2D eigenvalue weighted by molar-refractivity contribution is -0.153. The summed E-state index contributed by atoms with van der Waals surface area (Å²) in [4.78, 5) is 56.0. The molecule has 10 heteroatoms. The number of ether oxygens (including phenoxy) is 1. The summed E-state index contributed by atoms with van der Waals surface area (Å²) < 4.78 is 5.97. The average Bonchev–Trinajstić information content (AvgIpc) is 3.50. The maximum absolute atomic E-state index is 13.4. The monoisotopic (exact) mass is 548 g/mol. The van der Waals surface area contributed by atoms with Crippen molar-refractivity contribution in [2.24, 2.45) is 29.6 Å². The maximum atomic E-state index is 13.4. The van der Waals surface area contributed by atoms with Crippen LogP contribution in [-0.2, 0) is 19.1 Å². The van der Waals surface area contributed by atoms with E-state index in [-0.39, 0.29) is 64.7 Å². The normalized spacial score (nSPS) is 33.8. The Morgan fingerprint density at radius 3 is 2.55 bits per heavy atom. The number of esters is 1. The molecule has 2 bridgehead atoms. The molecule has 1 aromatic heterocycles. The zero-order chi connectivity index (χ0) is 23.0. The van der Waals surface area contributed by atoms with Crippen LogP contribution in [0.5, 0.6) is 0 Å². The highest BCUT2D eigenvalue weighted by Crippen LogP contribution is 2.68. The fourth-order valence-electron chi connectivity index (χ4n) is 6.61. The summed E-state index contributed by atoms with van der Waals surface area (Å²) >= 11 is 6.41. The number of thioether (sulfide) groups is 1. The van der Waals surface area contributed by atoms with Crippen LogP contribution >= 0.6 is 39.0 Å². The summed E-state index contributed by atoms with van der Waals surface area (Å²) in [5.74, 6) is -1.57. The van der Waals surface area contributed by atoms with E-state index in [9.17, 15) is 19.2 Å². The predicted octanol–water partition coefficient (Wildman–Crippen LogP) is 3.24. The number of hydrogen-bond acceptors (Lipinski definition) is 7. The van der Waals surface area contributed by atoms with E-state index in [1.165, 1.54) is 11.3 Å². The van der Waals surface area contributed by atoms with Crippen LogP contribution in [0.2, 0.25) is 0 Å². The van der Waals surface area contributed by atoms with Crippen LogP contribution in [0.25, 0.3) is 0 Å². The molecule has 7 unspecified atom stereocenters. The Kier molecular flexibility index (Phi) is 5.12. The van der Waals surface area contributed by atoms with Crippen molar-refractivity contribution < 1.29 is 19.1 Å². The van der Waals surface area contributed by atoms with Crippen molar-refractivity contribution >= 4 is 56.8 Å². The van der Waals surface area contributed by atoms with Crippen LogP contribution in [0.3, 0.4) is 0 Å². The minimum absolute atomic E-state index is 0.00117. The van der Waals surface area contributed by atoms with Crippen LogP contribution < -0.4 is 4.87 Å². The van der Waals surface area contributed by atoms with E-state index in [2.05, 4.69) is 33.0 Å². The van der Waals surface area contributed by atoms with E-state index in [1.807, 2.05) is 12.1 Å². The molecule has 3 fully saturated rings. The third-order valence-electron chi connectivity index (χ3n) is 7.64. The highest BCUT2D eigenvalue weighted by atomic mass is 79.9. The zero-order valence-electron chi connectivity index (χ0n) is 17.7. The molecule has 33 heavy (non-hydrogen) atoms. The van der Waals surface area contributed by atoms with E-state index < -0.39 is 11.9 Å². The zero-order valence-corrected chi connectivity index (χ0v) is 20.9. The number of aromatic amines is 1. The van der Waals surface area contributed by atoms with Gasteiger partial charge in [0.1, 0.15) is 6.54 Å². The highest BCUT2D eigenvalue weighted by Gasteiger charge is 2.69. The molecule has 1 aromatic carbocycles. The number of imide groups is 1. The van der Waals surface area contributed by atoms with Gasteiger partial charge in [-0.15, -0.1) is 11.8 Å². The smallest absolute Gasteiger partial charge is 0.326 e. The summed E-state index contributed by atoms with van der Waals surface area (Å²) in [6, 6.07) is 8.16. The summed E-state index contributed by atoms with van der Waals surface area (Å²) in [5, 5.41) is 1.03. The van der Waals surface area contributed by atoms with Gasteiger partial charge in [0.2, 0.25) is 11.8 Å². The molecular formula is C23H21BrN2O5S2. The molecule has 6 rings (SSSR count). The van der Waals surface area contributed by atoms with E-state index in [4.69, 9.17) is 4.74 Å². The standard InChI is InChI=1S/C23H21BrN2O5S2/c1-2-31-13(27)8-26-21(28)16-11-7-12(17(16)22(26)29)18-15(11)14(9-3-5-10(24)6-4-9)19-20(32-18)25-23(30)33-19/h3-6,11-12,14-18H,2,7-8H2,1H3,(H,25,30). The molecule has 172 valence electrons. The lowest BCUT2D eigenvalue weighted by Crippen LogP contribution is -2.42. The van der Waals surface area contributed by atoms with Crippen LogP contribution in [-0.4, -0.2) is 46.1 Å². The van der Waals surface area contributed by atoms with Gasteiger partial charge in [-0.2, -0.15) is 0 Å². The number of amides is 2. The van der Waals surface area contributed by atoms with Crippen molar-refractivity contribution in [2.75, 3.05) is 13.2 Å². The van der Waals surface area contributed by atoms with Gasteiger partial charge in [-0.25, -0.2) is 0 Å². The number of benzene rings is 1. The predicted molar refractivity (Wildman–Crippen MR) is 126 cm³/mol. The first kappa shape index (κ1) is 21.6. The van der Waals surface area contributed by atoms with Crippen LogP contribution in [0.1, 0.15) is 29.7 Å². The van der Waals surface area contributed by atoms with Crippen molar-refractivity contribution in [3.05, 3.63) is 48.8 Å². The Hall–Kier alpha value is -1.91. The Bertz CT molecular complexity index is 1220. The number of nitrogens with one attached hydrogen (secondary N) is 1. The van der Waals surface area contributed by atoms with Crippen molar-refractivity contribution in [1.29, 1.82) is 0 Å². The Morgan fingerprint density at radius 1 is 1.15 bits per heavy atom. The highest BCUT2D eigenvalue weighted by molar-refractivity contribution is 9.10. The van der Waals surface area contributed by atoms with Gasteiger partial charge in [-0.05, 0) is 48.8 Å². The van der Waals surface area contributed by atoms with Gasteiger partial charge in [0.05, 0.1) is 23.5 Å². The molecule has 1 saturated heterocycles. The number of rotatable bonds is 4. The van der Waals surface area contributed by atoms with Crippen LogP contribution in [0, 0.1) is 29.6 Å². The fourth-order valence-corrected chi connectivity index (χ4v) is 9.77. The molecule has 0 spiro atoms. The Balaban J connectivity index is 1.39. The number of H-pyrrole nitrogens is 1. The van der Waals surface area contributed by atoms with Gasteiger partial charge in [0.25, 0.3) is 0 Å². The number of carbonyl (C=O) groups excluding carboxylic acids is 3. The molecule has 2 amide bonds. The molecule has 1 N–H and O–H groups in total. The Labute approximate surface area is 206 Å². The van der Waals surface area contributed by atoms with Gasteiger partial charge in [0.15, 0.2) is 0 Å². The Morgan fingerprint density at radius 2 is 1.85 bits per heavy atom. The first-order chi connectivity index (χ1) is 15.9. The SMILES string of the molecule is CCOC(=O)CN1C(=O)C2C3CC(C2C1=O)C1C(c2ccc(Br)cc2)c2sc(=O)[nH]c2SC31. The van der Waals surface area contributed by atoms with E-state index >= 15 is 0 Å². The molecule has 4 aliphatic rings. The number of hydrogen-bond donors (Lipinski definition) is 1. The van der Waals surface area contributed by atoms with E-state index in [1.54, 1.807) is 18.7 Å². The number of thiazole rings is 1. The van der Waals surface area contributed by atoms with Gasteiger partial charge in [-0.1, -0.05) is 39.4 Å². The molecule has 7 atom stereocenters. The molecule has 2 aliphatic heterocycles.